The van der Waals surface area contributed by atoms with E-state index >= 15 is 0 Å². The number of hydrogen-bond donors (Lipinski definition) is 1. The number of methoxy groups -OCH3 is 2. The molecule has 0 aliphatic carbocycles. The molecule has 0 atom stereocenters. The van der Waals surface area contributed by atoms with E-state index in [4.69, 9.17) is 14.2 Å². The van der Waals surface area contributed by atoms with Crippen LogP contribution >= 0.6 is 0 Å². The van der Waals surface area contributed by atoms with Crippen LogP contribution in [0.1, 0.15) is 18.9 Å². The first kappa shape index (κ1) is 21.6. The molecule has 0 unspecified atom stereocenters. The normalized spacial score (nSPS) is 15.0. The van der Waals surface area contributed by atoms with Crippen molar-refractivity contribution >= 4 is 35.6 Å². The van der Waals surface area contributed by atoms with Crippen LogP contribution in [0.4, 0.5) is 10.5 Å². The maximum Gasteiger partial charge on any atom is 0.336 e. The number of benzene rings is 2. The minimum absolute atomic E-state index is 0.191. The van der Waals surface area contributed by atoms with E-state index in [1.165, 1.54) is 38.5 Å². The molecule has 0 bridgehead atoms. The van der Waals surface area contributed by atoms with E-state index in [-0.39, 0.29) is 29.2 Å². The molecular formula is C22H20N2O7. The number of nitrogens with one attached hydrogen (secondary N) is 1. The summed E-state index contributed by atoms with van der Waals surface area (Å²) in [5.74, 6) is -1.32. The van der Waals surface area contributed by atoms with Crippen molar-refractivity contribution in [1.29, 1.82) is 0 Å². The summed E-state index contributed by atoms with van der Waals surface area (Å²) in [5.41, 5.74) is 0.372. The number of carbonyl (C=O) groups is 4. The molecule has 0 saturated carbocycles. The van der Waals surface area contributed by atoms with Gasteiger partial charge in [0.05, 0.1) is 19.9 Å². The summed E-state index contributed by atoms with van der Waals surface area (Å²) in [6.45, 7) is 1.66. The number of nitrogens with zero attached hydrogens (tertiary/aromatic N) is 1. The average Bonchev–Trinajstić information content (AvgIpc) is 2.77. The monoisotopic (exact) mass is 424 g/mol. The van der Waals surface area contributed by atoms with Gasteiger partial charge in [0.1, 0.15) is 11.3 Å². The Labute approximate surface area is 178 Å². The van der Waals surface area contributed by atoms with Crippen LogP contribution in [0.25, 0.3) is 6.08 Å². The zero-order valence-corrected chi connectivity index (χ0v) is 17.1. The quantitative estimate of drug-likeness (QED) is 0.328. The van der Waals surface area contributed by atoms with Gasteiger partial charge in [0.2, 0.25) is 0 Å². The molecule has 9 heteroatoms. The second kappa shape index (κ2) is 9.12. The summed E-state index contributed by atoms with van der Waals surface area (Å²) in [5, 5.41) is 2.16. The zero-order valence-electron chi connectivity index (χ0n) is 17.1. The van der Waals surface area contributed by atoms with Crippen LogP contribution in [0.3, 0.4) is 0 Å². The third-order valence-corrected chi connectivity index (χ3v) is 4.44. The van der Waals surface area contributed by atoms with Crippen LogP contribution in [-0.2, 0) is 14.4 Å². The van der Waals surface area contributed by atoms with Crippen molar-refractivity contribution in [2.24, 2.45) is 0 Å². The van der Waals surface area contributed by atoms with E-state index in [1.807, 2.05) is 0 Å². The predicted octanol–water partition coefficient (Wildman–Crippen LogP) is 2.69. The fraction of sp³-hybridized carbons (Fsp3) is 0.182. The number of hydrogen-bond acceptors (Lipinski definition) is 7. The Morgan fingerprint density at radius 3 is 2.39 bits per heavy atom. The fourth-order valence-corrected chi connectivity index (χ4v) is 2.91. The maximum absolute atomic E-state index is 13.0. The van der Waals surface area contributed by atoms with Gasteiger partial charge in [-0.15, -0.1) is 0 Å². The van der Waals surface area contributed by atoms with E-state index in [0.29, 0.717) is 11.3 Å². The molecule has 1 fully saturated rings. The van der Waals surface area contributed by atoms with Gasteiger partial charge in [-0.2, -0.15) is 0 Å². The van der Waals surface area contributed by atoms with Gasteiger partial charge in [0, 0.05) is 6.42 Å². The highest BCUT2D eigenvalue weighted by molar-refractivity contribution is 6.39. The fourth-order valence-electron chi connectivity index (χ4n) is 2.91. The molecule has 0 aromatic heterocycles. The number of esters is 1. The molecule has 2 aromatic rings. The summed E-state index contributed by atoms with van der Waals surface area (Å²) >= 11 is 0. The second-order valence-electron chi connectivity index (χ2n) is 6.37. The van der Waals surface area contributed by atoms with Crippen molar-refractivity contribution in [2.45, 2.75) is 13.3 Å². The Morgan fingerprint density at radius 2 is 1.71 bits per heavy atom. The minimum Gasteiger partial charge on any atom is -0.495 e. The van der Waals surface area contributed by atoms with Crippen LogP contribution in [0.15, 0.2) is 48.0 Å². The average molecular weight is 424 g/mol. The number of ether oxygens (including phenoxy) is 3. The van der Waals surface area contributed by atoms with E-state index in [9.17, 15) is 19.2 Å². The van der Waals surface area contributed by atoms with E-state index in [2.05, 4.69) is 5.32 Å². The van der Waals surface area contributed by atoms with Gasteiger partial charge in [-0.1, -0.05) is 25.1 Å². The van der Waals surface area contributed by atoms with Crippen LogP contribution in [0, 0.1) is 0 Å². The van der Waals surface area contributed by atoms with Crippen molar-refractivity contribution in [1.82, 2.24) is 5.32 Å². The number of amides is 4. The first-order valence-electron chi connectivity index (χ1n) is 9.32. The number of rotatable bonds is 6. The lowest BCUT2D eigenvalue weighted by atomic mass is 10.1. The third-order valence-electron chi connectivity index (χ3n) is 4.44. The minimum atomic E-state index is -0.879. The van der Waals surface area contributed by atoms with Gasteiger partial charge >= 0.3 is 12.0 Å². The molecule has 2 aromatic carbocycles. The molecule has 9 nitrogen and oxygen atoms in total. The molecule has 1 N–H and O–H groups in total. The third kappa shape index (κ3) is 4.40. The molecular weight excluding hydrogens is 404 g/mol. The van der Waals surface area contributed by atoms with Crippen LogP contribution < -0.4 is 24.4 Å². The highest BCUT2D eigenvalue weighted by Gasteiger charge is 2.38. The summed E-state index contributed by atoms with van der Waals surface area (Å²) in [7, 11) is 2.81. The van der Waals surface area contributed by atoms with E-state index < -0.39 is 23.8 Å². The molecule has 3 rings (SSSR count). The number of imide groups is 2. The molecule has 160 valence electrons. The first-order chi connectivity index (χ1) is 14.9. The first-order valence-corrected chi connectivity index (χ1v) is 9.32. The topological polar surface area (TPSA) is 111 Å². The van der Waals surface area contributed by atoms with Gasteiger partial charge in [0.25, 0.3) is 11.8 Å². The van der Waals surface area contributed by atoms with Crippen molar-refractivity contribution in [2.75, 3.05) is 19.1 Å². The lowest BCUT2D eigenvalue weighted by Crippen LogP contribution is -2.54. The van der Waals surface area contributed by atoms with E-state index in [0.717, 1.165) is 4.90 Å². The summed E-state index contributed by atoms with van der Waals surface area (Å²) < 4.78 is 15.7. The molecule has 4 amide bonds. The van der Waals surface area contributed by atoms with Gasteiger partial charge in [-0.05, 0) is 35.9 Å². The highest BCUT2D eigenvalue weighted by Crippen LogP contribution is 2.32. The van der Waals surface area contributed by atoms with Crippen LogP contribution in [0.5, 0.6) is 17.2 Å². The lowest BCUT2D eigenvalue weighted by molar-refractivity contribution is -0.134. The van der Waals surface area contributed by atoms with Crippen LogP contribution in [-0.4, -0.2) is 38.0 Å². The standard InChI is InChI=1S/C22H20N2O7/c1-4-19(25)31-17-10-9-13(12-18(17)30-3)11-14-20(26)23-22(28)24(21(14)27)15-7-5-6-8-16(15)29-2/h5-12H,4H2,1-3H3,(H,23,26,28)/b14-11-. The zero-order chi connectivity index (χ0) is 22.5. The number of urea groups is 1. The molecule has 0 spiro atoms. The molecule has 1 heterocycles. The summed E-state index contributed by atoms with van der Waals surface area (Å²) in [4.78, 5) is 50.2. The van der Waals surface area contributed by atoms with Gasteiger partial charge in [-0.3, -0.25) is 19.7 Å². The van der Waals surface area contributed by atoms with Crippen molar-refractivity contribution in [3.8, 4) is 17.2 Å². The molecule has 1 saturated heterocycles. The Kier molecular flexibility index (Phi) is 6.35. The Hall–Kier alpha value is -4.14. The molecule has 1 aliphatic heterocycles. The Bertz CT molecular complexity index is 1090. The lowest BCUT2D eigenvalue weighted by Gasteiger charge is -2.27. The SMILES string of the molecule is CCC(=O)Oc1ccc(/C=C2/C(=O)NC(=O)N(c3ccccc3OC)C2=O)cc1OC. The smallest absolute Gasteiger partial charge is 0.336 e. The van der Waals surface area contributed by atoms with Gasteiger partial charge in [-0.25, -0.2) is 9.69 Å². The number of carbonyl (C=O) groups excluding carboxylic acids is 4. The predicted molar refractivity (Wildman–Crippen MR) is 111 cm³/mol. The van der Waals surface area contributed by atoms with Crippen molar-refractivity contribution in [3.63, 3.8) is 0 Å². The Balaban J connectivity index is 1.99. The molecule has 0 radical (unpaired) electrons. The van der Waals surface area contributed by atoms with Gasteiger partial charge in [0.15, 0.2) is 11.5 Å². The second-order valence-corrected chi connectivity index (χ2v) is 6.37. The van der Waals surface area contributed by atoms with Gasteiger partial charge < -0.3 is 14.2 Å². The van der Waals surface area contributed by atoms with Crippen molar-refractivity contribution in [3.05, 3.63) is 53.6 Å². The number of para-hydroxylation sites is 2. The molecule has 1 aliphatic rings. The largest absolute Gasteiger partial charge is 0.495 e. The number of barbiturate groups is 1. The maximum atomic E-state index is 13.0. The summed E-state index contributed by atoms with van der Waals surface area (Å²) in [6.07, 6.45) is 1.51. The highest BCUT2D eigenvalue weighted by atomic mass is 16.6. The Morgan fingerprint density at radius 1 is 1.00 bits per heavy atom. The van der Waals surface area contributed by atoms with E-state index in [1.54, 1.807) is 31.2 Å². The van der Waals surface area contributed by atoms with Crippen molar-refractivity contribution < 1.29 is 33.4 Å². The molecule has 31 heavy (non-hydrogen) atoms. The summed E-state index contributed by atoms with van der Waals surface area (Å²) in [6, 6.07) is 10.1. The number of anilines is 1. The van der Waals surface area contributed by atoms with Crippen LogP contribution in [0.2, 0.25) is 0 Å².